The molecule has 0 spiro atoms. The fraction of sp³-hybridized carbons (Fsp3) is 0.375. The molecule has 0 fully saturated rings. The SMILES string of the molecule is CC(C)(C)C(c1ccccc1)(c1ccc2cccnc2c1O)C(C)(C)C. The predicted octanol–water partition coefficient (Wildman–Crippen LogP) is 6.32. The van der Waals surface area contributed by atoms with E-state index in [0.29, 0.717) is 5.52 Å². The summed E-state index contributed by atoms with van der Waals surface area (Å²) in [4.78, 5) is 4.46. The highest BCUT2D eigenvalue weighted by molar-refractivity contribution is 5.86. The predicted molar refractivity (Wildman–Crippen MR) is 110 cm³/mol. The molecule has 2 aromatic carbocycles. The van der Waals surface area contributed by atoms with Crippen molar-refractivity contribution in [1.29, 1.82) is 0 Å². The van der Waals surface area contributed by atoms with Crippen LogP contribution in [0, 0.1) is 10.8 Å². The Kier molecular flexibility index (Phi) is 4.34. The first-order chi connectivity index (χ1) is 12.1. The molecule has 2 heteroatoms. The summed E-state index contributed by atoms with van der Waals surface area (Å²) in [5, 5.41) is 12.3. The highest BCUT2D eigenvalue weighted by atomic mass is 16.3. The monoisotopic (exact) mass is 347 g/mol. The van der Waals surface area contributed by atoms with Gasteiger partial charge in [-0.15, -0.1) is 0 Å². The van der Waals surface area contributed by atoms with Crippen LogP contribution in [0.4, 0.5) is 0 Å². The van der Waals surface area contributed by atoms with Gasteiger partial charge in [-0.3, -0.25) is 4.98 Å². The zero-order valence-electron chi connectivity index (χ0n) is 16.7. The van der Waals surface area contributed by atoms with E-state index in [0.717, 1.165) is 10.9 Å². The molecule has 0 unspecified atom stereocenters. The quantitative estimate of drug-likeness (QED) is 0.588. The summed E-state index contributed by atoms with van der Waals surface area (Å²) in [7, 11) is 0. The molecular weight excluding hydrogens is 318 g/mol. The van der Waals surface area contributed by atoms with Crippen LogP contribution in [0.2, 0.25) is 0 Å². The first kappa shape index (κ1) is 18.4. The van der Waals surface area contributed by atoms with Crippen molar-refractivity contribution in [2.75, 3.05) is 0 Å². The van der Waals surface area contributed by atoms with Gasteiger partial charge in [0.2, 0.25) is 0 Å². The van der Waals surface area contributed by atoms with Crippen LogP contribution >= 0.6 is 0 Å². The van der Waals surface area contributed by atoms with Gasteiger partial charge in [0, 0.05) is 22.6 Å². The molecule has 0 radical (unpaired) electrons. The van der Waals surface area contributed by atoms with Crippen LogP contribution in [0.3, 0.4) is 0 Å². The number of pyridine rings is 1. The fourth-order valence-corrected chi connectivity index (χ4v) is 5.07. The normalized spacial score (nSPS) is 13.2. The van der Waals surface area contributed by atoms with E-state index >= 15 is 0 Å². The van der Waals surface area contributed by atoms with Gasteiger partial charge in [-0.1, -0.05) is 90.1 Å². The molecule has 0 aliphatic rings. The lowest BCUT2D eigenvalue weighted by molar-refractivity contribution is 0.0882. The molecule has 0 amide bonds. The van der Waals surface area contributed by atoms with E-state index < -0.39 is 5.41 Å². The van der Waals surface area contributed by atoms with Crippen LogP contribution in [0.5, 0.6) is 5.75 Å². The number of benzene rings is 2. The summed E-state index contributed by atoms with van der Waals surface area (Å²) >= 11 is 0. The Labute approximate surface area is 156 Å². The Morgan fingerprint density at radius 1 is 0.731 bits per heavy atom. The van der Waals surface area contributed by atoms with Crippen LogP contribution < -0.4 is 0 Å². The average molecular weight is 348 g/mol. The number of hydrogen-bond acceptors (Lipinski definition) is 2. The van der Waals surface area contributed by atoms with Crippen LogP contribution in [-0.4, -0.2) is 10.1 Å². The number of aromatic hydroxyl groups is 1. The molecule has 1 N–H and O–H groups in total. The molecule has 3 rings (SSSR count). The molecule has 3 aromatic rings. The van der Waals surface area contributed by atoms with Crippen molar-refractivity contribution < 1.29 is 5.11 Å². The molecule has 0 bridgehead atoms. The largest absolute Gasteiger partial charge is 0.505 e. The van der Waals surface area contributed by atoms with Crippen LogP contribution in [-0.2, 0) is 5.41 Å². The maximum atomic E-state index is 11.3. The van der Waals surface area contributed by atoms with E-state index in [-0.39, 0.29) is 16.6 Å². The number of fused-ring (bicyclic) bond motifs is 1. The molecule has 2 nitrogen and oxygen atoms in total. The van der Waals surface area contributed by atoms with E-state index in [4.69, 9.17) is 0 Å². The minimum Gasteiger partial charge on any atom is -0.505 e. The number of hydrogen-bond donors (Lipinski definition) is 1. The Bertz CT molecular complexity index is 900. The molecule has 0 saturated heterocycles. The van der Waals surface area contributed by atoms with Gasteiger partial charge in [-0.25, -0.2) is 0 Å². The van der Waals surface area contributed by atoms with Crippen molar-refractivity contribution in [3.63, 3.8) is 0 Å². The molecular formula is C24H29NO. The third-order valence-electron chi connectivity index (χ3n) is 5.61. The van der Waals surface area contributed by atoms with Gasteiger partial charge >= 0.3 is 0 Å². The number of nitrogens with zero attached hydrogens (tertiary/aromatic N) is 1. The van der Waals surface area contributed by atoms with Gasteiger partial charge in [0.25, 0.3) is 0 Å². The van der Waals surface area contributed by atoms with Crippen LogP contribution in [0.25, 0.3) is 10.9 Å². The van der Waals surface area contributed by atoms with Crippen molar-refractivity contribution in [2.45, 2.75) is 47.0 Å². The van der Waals surface area contributed by atoms with Gasteiger partial charge in [-0.2, -0.15) is 0 Å². The molecule has 136 valence electrons. The number of phenols is 1. The summed E-state index contributed by atoms with van der Waals surface area (Å²) in [6.07, 6.45) is 1.74. The number of aromatic nitrogens is 1. The molecule has 0 saturated carbocycles. The Morgan fingerprint density at radius 2 is 1.35 bits per heavy atom. The lowest BCUT2D eigenvalue weighted by Gasteiger charge is -2.55. The van der Waals surface area contributed by atoms with E-state index in [2.05, 4.69) is 82.9 Å². The molecule has 1 heterocycles. The second-order valence-corrected chi connectivity index (χ2v) is 9.15. The van der Waals surface area contributed by atoms with Gasteiger partial charge in [0.15, 0.2) is 0 Å². The molecule has 26 heavy (non-hydrogen) atoms. The highest BCUT2D eigenvalue weighted by Gasteiger charge is 2.54. The van der Waals surface area contributed by atoms with Crippen molar-refractivity contribution in [1.82, 2.24) is 4.98 Å². The molecule has 0 aliphatic heterocycles. The summed E-state index contributed by atoms with van der Waals surface area (Å²) in [6.45, 7) is 13.5. The van der Waals surface area contributed by atoms with E-state index in [1.54, 1.807) is 6.20 Å². The standard InChI is InChI=1S/C24H29NO/c1-22(2,3)24(23(4,5)6,18-12-8-7-9-13-18)19-15-14-17-11-10-16-25-20(17)21(19)26/h7-16,26H,1-6H3. The zero-order valence-corrected chi connectivity index (χ0v) is 16.7. The topological polar surface area (TPSA) is 33.1 Å². The molecule has 0 atom stereocenters. The summed E-state index contributed by atoms with van der Waals surface area (Å²) in [5.74, 6) is 0.289. The third kappa shape index (κ3) is 2.59. The fourth-order valence-electron chi connectivity index (χ4n) is 5.07. The smallest absolute Gasteiger partial charge is 0.145 e. The summed E-state index contributed by atoms with van der Waals surface area (Å²) in [5.41, 5.74) is 2.16. The number of rotatable bonds is 2. The summed E-state index contributed by atoms with van der Waals surface area (Å²) in [6, 6.07) is 18.6. The Hall–Kier alpha value is -2.35. The van der Waals surface area contributed by atoms with Gasteiger partial charge in [-0.05, 0) is 22.5 Å². The molecule has 1 aromatic heterocycles. The summed E-state index contributed by atoms with van der Waals surface area (Å²) < 4.78 is 0. The first-order valence-corrected chi connectivity index (χ1v) is 9.23. The van der Waals surface area contributed by atoms with E-state index in [9.17, 15) is 5.11 Å². The minimum absolute atomic E-state index is 0.132. The average Bonchev–Trinajstić information content (AvgIpc) is 2.56. The zero-order chi connectivity index (χ0) is 19.2. The lowest BCUT2D eigenvalue weighted by atomic mass is 9.48. The minimum atomic E-state index is -0.392. The highest BCUT2D eigenvalue weighted by Crippen LogP contribution is 2.59. The molecule has 0 aliphatic carbocycles. The van der Waals surface area contributed by atoms with Gasteiger partial charge < -0.3 is 5.11 Å². The third-order valence-corrected chi connectivity index (χ3v) is 5.61. The van der Waals surface area contributed by atoms with Crippen molar-refractivity contribution in [3.05, 3.63) is 71.9 Å². The second-order valence-electron chi connectivity index (χ2n) is 9.15. The Balaban J connectivity index is 2.48. The van der Waals surface area contributed by atoms with Crippen molar-refractivity contribution >= 4 is 10.9 Å². The van der Waals surface area contributed by atoms with Crippen molar-refractivity contribution in [3.8, 4) is 5.75 Å². The Morgan fingerprint density at radius 3 is 1.92 bits per heavy atom. The second kappa shape index (κ2) is 6.12. The van der Waals surface area contributed by atoms with Crippen molar-refractivity contribution in [2.24, 2.45) is 10.8 Å². The van der Waals surface area contributed by atoms with Gasteiger partial charge in [0.05, 0.1) is 0 Å². The first-order valence-electron chi connectivity index (χ1n) is 9.23. The van der Waals surface area contributed by atoms with Crippen LogP contribution in [0.1, 0.15) is 52.7 Å². The maximum absolute atomic E-state index is 11.3. The van der Waals surface area contributed by atoms with E-state index in [1.807, 2.05) is 18.2 Å². The van der Waals surface area contributed by atoms with Crippen LogP contribution in [0.15, 0.2) is 60.8 Å². The maximum Gasteiger partial charge on any atom is 0.145 e. The van der Waals surface area contributed by atoms with Gasteiger partial charge in [0.1, 0.15) is 11.3 Å². The van der Waals surface area contributed by atoms with E-state index in [1.165, 1.54) is 5.56 Å². The lowest BCUT2D eigenvalue weighted by Crippen LogP contribution is -2.51. The number of phenolic OH excluding ortho intramolecular Hbond substituents is 1.